The van der Waals surface area contributed by atoms with E-state index in [0.717, 1.165) is 0 Å². The van der Waals surface area contributed by atoms with Crippen molar-refractivity contribution < 1.29 is 0 Å². The number of hydrogen-bond donors (Lipinski definition) is 1. The van der Waals surface area contributed by atoms with Crippen molar-refractivity contribution in [1.29, 1.82) is 0 Å². The summed E-state index contributed by atoms with van der Waals surface area (Å²) in [7, 11) is 1.98. The Morgan fingerprint density at radius 2 is 2.20 bits per heavy atom. The van der Waals surface area contributed by atoms with Crippen molar-refractivity contribution in [3.63, 3.8) is 0 Å². The van der Waals surface area contributed by atoms with Crippen LogP contribution in [-0.2, 0) is 0 Å². The van der Waals surface area contributed by atoms with Crippen LogP contribution in [0.2, 0.25) is 0 Å². The van der Waals surface area contributed by atoms with Crippen molar-refractivity contribution in [2.75, 3.05) is 7.05 Å². The molecule has 1 N–H and O–H groups in total. The van der Waals surface area contributed by atoms with Crippen LogP contribution >= 0.6 is 0 Å². The first-order chi connectivity index (χ1) is 4.86. The minimum absolute atomic E-state index is 1.19. The average molecular weight is 137 g/mol. The molecular weight excluding hydrogens is 122 g/mol. The zero-order valence-corrected chi connectivity index (χ0v) is 6.78. The van der Waals surface area contributed by atoms with E-state index >= 15 is 0 Å². The lowest BCUT2D eigenvalue weighted by Crippen LogP contribution is -2.07. The first-order valence-electron chi connectivity index (χ1n) is 3.93. The van der Waals surface area contributed by atoms with Gasteiger partial charge in [-0.1, -0.05) is 18.6 Å². The maximum Gasteiger partial charge on any atom is 0.0107 e. The van der Waals surface area contributed by atoms with Gasteiger partial charge >= 0.3 is 0 Å². The van der Waals surface area contributed by atoms with E-state index in [9.17, 15) is 0 Å². The van der Waals surface area contributed by atoms with E-state index in [4.69, 9.17) is 0 Å². The summed E-state index contributed by atoms with van der Waals surface area (Å²) in [5, 5.41) is 3.17. The summed E-state index contributed by atoms with van der Waals surface area (Å²) < 4.78 is 0. The molecule has 0 aromatic rings. The Morgan fingerprint density at radius 1 is 1.40 bits per heavy atom. The highest BCUT2D eigenvalue weighted by atomic mass is 14.8. The van der Waals surface area contributed by atoms with Crippen LogP contribution in [0.1, 0.15) is 26.2 Å². The van der Waals surface area contributed by atoms with Gasteiger partial charge < -0.3 is 5.32 Å². The van der Waals surface area contributed by atoms with Crippen molar-refractivity contribution in [2.45, 2.75) is 26.2 Å². The molecule has 0 amide bonds. The summed E-state index contributed by atoms with van der Waals surface area (Å²) in [5.41, 5.74) is 2.93. The zero-order chi connectivity index (χ0) is 7.40. The van der Waals surface area contributed by atoms with Gasteiger partial charge in [-0.3, -0.25) is 0 Å². The van der Waals surface area contributed by atoms with Gasteiger partial charge in [-0.25, -0.2) is 0 Å². The highest BCUT2D eigenvalue weighted by molar-refractivity contribution is 5.22. The number of rotatable bonds is 2. The molecule has 1 heteroatoms. The maximum absolute atomic E-state index is 3.17. The predicted octanol–water partition coefficient (Wildman–Crippen LogP) is 2.22. The number of nitrogens with one attached hydrogen (secondary N) is 1. The molecule has 0 bridgehead atoms. The molecule has 1 nitrogen and oxygen atoms in total. The van der Waals surface area contributed by atoms with E-state index in [0.29, 0.717) is 0 Å². The average Bonchev–Trinajstić information content (AvgIpc) is 2.05. The minimum atomic E-state index is 1.19. The van der Waals surface area contributed by atoms with E-state index in [1.54, 1.807) is 5.57 Å². The van der Waals surface area contributed by atoms with Gasteiger partial charge in [0.05, 0.1) is 0 Å². The monoisotopic (exact) mass is 137 g/mol. The van der Waals surface area contributed by atoms with Crippen molar-refractivity contribution >= 4 is 0 Å². The van der Waals surface area contributed by atoms with E-state index in [1.807, 2.05) is 7.05 Å². The lowest BCUT2D eigenvalue weighted by atomic mass is 10.0. The fourth-order valence-electron chi connectivity index (χ4n) is 1.18. The second kappa shape index (κ2) is 3.45. The summed E-state index contributed by atoms with van der Waals surface area (Å²) in [6.45, 7) is 2.21. The molecule has 0 heterocycles. The van der Waals surface area contributed by atoms with E-state index in [1.165, 1.54) is 25.0 Å². The first-order valence-corrected chi connectivity index (χ1v) is 3.93. The fourth-order valence-corrected chi connectivity index (χ4v) is 1.18. The standard InChI is InChI=1S/C9H15N/c1-3-8-4-6-9(10-2)7-5-8/h4,6,10H,3,5,7H2,1-2H3. The number of hydrogen-bond acceptors (Lipinski definition) is 1. The molecule has 0 fully saturated rings. The molecule has 0 aliphatic heterocycles. The summed E-state index contributed by atoms with van der Waals surface area (Å²) in [4.78, 5) is 0. The Kier molecular flexibility index (Phi) is 2.55. The second-order valence-corrected chi connectivity index (χ2v) is 2.62. The van der Waals surface area contributed by atoms with Gasteiger partial charge in [0, 0.05) is 12.7 Å². The Labute approximate surface area is 62.8 Å². The topological polar surface area (TPSA) is 12.0 Å². The molecule has 0 saturated carbocycles. The molecule has 0 radical (unpaired) electrons. The third-order valence-corrected chi connectivity index (χ3v) is 2.01. The Hall–Kier alpha value is -0.720. The van der Waals surface area contributed by atoms with Crippen LogP contribution in [0.5, 0.6) is 0 Å². The molecule has 56 valence electrons. The fraction of sp³-hybridized carbons (Fsp3) is 0.556. The van der Waals surface area contributed by atoms with Crippen molar-refractivity contribution in [2.24, 2.45) is 0 Å². The smallest absolute Gasteiger partial charge is 0.0107 e. The Bertz CT molecular complexity index is 146. The van der Waals surface area contributed by atoms with Gasteiger partial charge in [0.1, 0.15) is 0 Å². The Balaban J connectivity index is 2.55. The van der Waals surface area contributed by atoms with Gasteiger partial charge in [0.2, 0.25) is 0 Å². The van der Waals surface area contributed by atoms with Crippen molar-refractivity contribution in [1.82, 2.24) is 5.32 Å². The molecule has 0 spiro atoms. The predicted molar refractivity (Wildman–Crippen MR) is 44.8 cm³/mol. The van der Waals surface area contributed by atoms with Crippen LogP contribution in [0, 0.1) is 0 Å². The zero-order valence-electron chi connectivity index (χ0n) is 6.78. The molecule has 1 aliphatic rings. The summed E-state index contributed by atoms with van der Waals surface area (Å²) in [6.07, 6.45) is 8.05. The highest BCUT2D eigenvalue weighted by Gasteiger charge is 2.01. The van der Waals surface area contributed by atoms with Gasteiger partial charge in [-0.05, 0) is 25.3 Å². The van der Waals surface area contributed by atoms with Crippen LogP contribution in [0.15, 0.2) is 23.4 Å². The normalized spacial score (nSPS) is 17.8. The molecule has 0 aromatic carbocycles. The second-order valence-electron chi connectivity index (χ2n) is 2.62. The third kappa shape index (κ3) is 1.63. The van der Waals surface area contributed by atoms with Gasteiger partial charge in [0.15, 0.2) is 0 Å². The molecule has 0 aromatic heterocycles. The molecule has 1 rings (SSSR count). The highest BCUT2D eigenvalue weighted by Crippen LogP contribution is 2.17. The molecule has 10 heavy (non-hydrogen) atoms. The minimum Gasteiger partial charge on any atom is -0.391 e. The van der Waals surface area contributed by atoms with Crippen LogP contribution in [-0.4, -0.2) is 7.05 Å². The van der Waals surface area contributed by atoms with E-state index in [-0.39, 0.29) is 0 Å². The van der Waals surface area contributed by atoms with Crippen molar-refractivity contribution in [3.8, 4) is 0 Å². The number of allylic oxidation sites excluding steroid dienone is 4. The largest absolute Gasteiger partial charge is 0.391 e. The van der Waals surface area contributed by atoms with Crippen LogP contribution in [0.4, 0.5) is 0 Å². The van der Waals surface area contributed by atoms with Gasteiger partial charge in [-0.2, -0.15) is 0 Å². The van der Waals surface area contributed by atoms with Gasteiger partial charge in [-0.15, -0.1) is 0 Å². The third-order valence-electron chi connectivity index (χ3n) is 2.01. The van der Waals surface area contributed by atoms with Crippen LogP contribution in [0.25, 0.3) is 0 Å². The summed E-state index contributed by atoms with van der Waals surface area (Å²) >= 11 is 0. The van der Waals surface area contributed by atoms with Crippen molar-refractivity contribution in [3.05, 3.63) is 23.4 Å². The lowest BCUT2D eigenvalue weighted by molar-refractivity contribution is 0.791. The van der Waals surface area contributed by atoms with E-state index in [2.05, 4.69) is 24.4 Å². The molecule has 0 unspecified atom stereocenters. The lowest BCUT2D eigenvalue weighted by Gasteiger charge is -2.12. The van der Waals surface area contributed by atoms with Gasteiger partial charge in [0.25, 0.3) is 0 Å². The molecule has 0 saturated heterocycles. The summed E-state index contributed by atoms with van der Waals surface area (Å²) in [6, 6.07) is 0. The quantitative estimate of drug-likeness (QED) is 0.615. The maximum atomic E-state index is 3.17. The van der Waals surface area contributed by atoms with E-state index < -0.39 is 0 Å². The molecular formula is C9H15N. The first kappa shape index (κ1) is 7.39. The van der Waals surface area contributed by atoms with Crippen LogP contribution in [0.3, 0.4) is 0 Å². The molecule has 0 atom stereocenters. The SMILES string of the molecule is CCC1=CC=C(NC)CC1. The summed E-state index contributed by atoms with van der Waals surface area (Å²) in [5.74, 6) is 0. The van der Waals surface area contributed by atoms with Crippen LogP contribution < -0.4 is 5.32 Å². The Morgan fingerprint density at radius 3 is 2.60 bits per heavy atom. The molecule has 1 aliphatic carbocycles.